The van der Waals surface area contributed by atoms with Gasteiger partial charge in [-0.1, -0.05) is 6.92 Å². The van der Waals surface area contributed by atoms with Crippen molar-refractivity contribution in [1.29, 1.82) is 0 Å². The summed E-state index contributed by atoms with van der Waals surface area (Å²) in [4.78, 5) is 25.3. The van der Waals surface area contributed by atoms with Gasteiger partial charge in [0.25, 0.3) is 11.8 Å². The summed E-state index contributed by atoms with van der Waals surface area (Å²) in [5.74, 6) is -0.172. The Labute approximate surface area is 132 Å². The number of rotatable bonds is 3. The van der Waals surface area contributed by atoms with Crippen molar-refractivity contribution in [3.63, 3.8) is 0 Å². The van der Waals surface area contributed by atoms with Gasteiger partial charge in [0.1, 0.15) is 10.7 Å². The highest BCUT2D eigenvalue weighted by Crippen LogP contribution is 2.39. The summed E-state index contributed by atoms with van der Waals surface area (Å²) in [5, 5.41) is 7.36. The van der Waals surface area contributed by atoms with Crippen LogP contribution in [0.15, 0.2) is 12.3 Å². The molecule has 0 aliphatic heterocycles. The fourth-order valence-electron chi connectivity index (χ4n) is 2.86. The third-order valence-corrected chi connectivity index (χ3v) is 5.21. The second-order valence-electron chi connectivity index (χ2n) is 5.71. The highest BCUT2D eigenvalue weighted by atomic mass is 32.1. The van der Waals surface area contributed by atoms with E-state index in [0.717, 1.165) is 29.7 Å². The molecule has 0 aromatic carbocycles. The molecule has 2 aromatic rings. The van der Waals surface area contributed by atoms with Gasteiger partial charge in [0.2, 0.25) is 0 Å². The van der Waals surface area contributed by atoms with Crippen molar-refractivity contribution in [3.8, 4) is 0 Å². The predicted octanol–water partition coefficient (Wildman–Crippen LogP) is 1.96. The summed E-state index contributed by atoms with van der Waals surface area (Å²) >= 11 is 1.46. The van der Waals surface area contributed by atoms with E-state index in [1.54, 1.807) is 19.3 Å². The lowest BCUT2D eigenvalue weighted by atomic mass is 9.88. The first-order valence-corrected chi connectivity index (χ1v) is 8.02. The minimum absolute atomic E-state index is 0.283. The Morgan fingerprint density at radius 2 is 2.27 bits per heavy atom. The van der Waals surface area contributed by atoms with Crippen molar-refractivity contribution in [3.05, 3.63) is 34.0 Å². The van der Waals surface area contributed by atoms with Crippen molar-refractivity contribution in [2.45, 2.75) is 26.2 Å². The number of anilines is 1. The third-order valence-electron chi connectivity index (χ3n) is 4.04. The van der Waals surface area contributed by atoms with Crippen LogP contribution in [0.4, 0.5) is 5.00 Å². The molecule has 3 rings (SSSR count). The van der Waals surface area contributed by atoms with Crippen LogP contribution in [0.1, 0.15) is 44.6 Å². The maximum atomic E-state index is 12.3. The SMILES string of the molecule is CC1CCc2c(sc(NC(=O)c3ccnn3C)c2C(N)=O)C1. The maximum Gasteiger partial charge on any atom is 0.274 e. The first-order valence-electron chi connectivity index (χ1n) is 7.21. The molecule has 1 unspecified atom stereocenters. The average molecular weight is 318 g/mol. The van der Waals surface area contributed by atoms with Crippen LogP contribution in [-0.2, 0) is 19.9 Å². The topological polar surface area (TPSA) is 90.0 Å². The van der Waals surface area contributed by atoms with Gasteiger partial charge in [-0.3, -0.25) is 14.3 Å². The number of carbonyl (C=O) groups is 2. The Morgan fingerprint density at radius 1 is 1.50 bits per heavy atom. The van der Waals surface area contributed by atoms with Crippen LogP contribution in [0.3, 0.4) is 0 Å². The number of nitrogens with zero attached hydrogens (tertiary/aromatic N) is 2. The molecule has 0 fully saturated rings. The second kappa shape index (κ2) is 5.57. The van der Waals surface area contributed by atoms with E-state index in [-0.39, 0.29) is 5.91 Å². The van der Waals surface area contributed by atoms with E-state index in [1.807, 2.05) is 0 Å². The van der Waals surface area contributed by atoms with Gasteiger partial charge in [0.15, 0.2) is 0 Å². The van der Waals surface area contributed by atoms with Crippen molar-refractivity contribution in [1.82, 2.24) is 9.78 Å². The molecule has 0 bridgehead atoms. The molecule has 0 radical (unpaired) electrons. The number of primary amides is 1. The molecule has 6 nitrogen and oxygen atoms in total. The molecule has 3 N–H and O–H groups in total. The van der Waals surface area contributed by atoms with Gasteiger partial charge in [-0.15, -0.1) is 11.3 Å². The third kappa shape index (κ3) is 2.52. The minimum atomic E-state index is -0.479. The molecule has 2 aromatic heterocycles. The molecule has 1 atom stereocenters. The number of aromatic nitrogens is 2. The van der Waals surface area contributed by atoms with Gasteiger partial charge in [-0.05, 0) is 36.8 Å². The zero-order valence-corrected chi connectivity index (χ0v) is 13.4. The van der Waals surface area contributed by atoms with Crippen LogP contribution in [0, 0.1) is 5.92 Å². The van der Waals surface area contributed by atoms with E-state index in [9.17, 15) is 9.59 Å². The largest absolute Gasteiger partial charge is 0.365 e. The normalized spacial score (nSPS) is 17.1. The summed E-state index contributed by atoms with van der Waals surface area (Å²) in [7, 11) is 1.70. The molecule has 0 saturated carbocycles. The summed E-state index contributed by atoms with van der Waals surface area (Å²) < 4.78 is 1.49. The van der Waals surface area contributed by atoms with Gasteiger partial charge >= 0.3 is 0 Å². The molecule has 7 heteroatoms. The van der Waals surface area contributed by atoms with Gasteiger partial charge < -0.3 is 11.1 Å². The first kappa shape index (κ1) is 14.8. The quantitative estimate of drug-likeness (QED) is 0.906. The van der Waals surface area contributed by atoms with Crippen molar-refractivity contribution in [2.75, 3.05) is 5.32 Å². The minimum Gasteiger partial charge on any atom is -0.365 e. The molecule has 1 aliphatic rings. The van der Waals surface area contributed by atoms with Crippen molar-refractivity contribution in [2.24, 2.45) is 18.7 Å². The van der Waals surface area contributed by atoms with Crippen LogP contribution in [-0.4, -0.2) is 21.6 Å². The molecule has 1 aliphatic carbocycles. The molecule has 22 heavy (non-hydrogen) atoms. The van der Waals surface area contributed by atoms with Crippen LogP contribution in [0.2, 0.25) is 0 Å². The van der Waals surface area contributed by atoms with Gasteiger partial charge in [-0.2, -0.15) is 5.10 Å². The lowest BCUT2D eigenvalue weighted by Gasteiger charge is -2.18. The standard InChI is InChI=1S/C15H18N4O2S/c1-8-3-4-9-11(7-8)22-15(12(9)13(16)20)18-14(21)10-5-6-17-19(10)2/h5-6,8H,3-4,7H2,1-2H3,(H2,16,20)(H,18,21). The Kier molecular flexibility index (Phi) is 3.74. The highest BCUT2D eigenvalue weighted by Gasteiger charge is 2.27. The summed E-state index contributed by atoms with van der Waals surface area (Å²) in [6.07, 6.45) is 4.37. The van der Waals surface area contributed by atoms with E-state index in [2.05, 4.69) is 17.3 Å². The molecule has 116 valence electrons. The molecule has 0 spiro atoms. The maximum absolute atomic E-state index is 12.3. The van der Waals surface area contributed by atoms with E-state index in [1.165, 1.54) is 16.0 Å². The van der Waals surface area contributed by atoms with Crippen LogP contribution >= 0.6 is 11.3 Å². The molecule has 0 saturated heterocycles. The summed E-state index contributed by atoms with van der Waals surface area (Å²) in [6.45, 7) is 2.19. The zero-order valence-electron chi connectivity index (χ0n) is 12.5. The average Bonchev–Trinajstić information content (AvgIpc) is 3.01. The predicted molar refractivity (Wildman–Crippen MR) is 85.2 cm³/mol. The van der Waals surface area contributed by atoms with Crippen LogP contribution < -0.4 is 11.1 Å². The van der Waals surface area contributed by atoms with Gasteiger partial charge in [0, 0.05) is 18.1 Å². The molecule has 2 amide bonds. The van der Waals surface area contributed by atoms with E-state index >= 15 is 0 Å². The second-order valence-corrected chi connectivity index (χ2v) is 6.82. The van der Waals surface area contributed by atoms with Gasteiger partial charge in [-0.25, -0.2) is 0 Å². The lowest BCUT2D eigenvalue weighted by Crippen LogP contribution is -2.20. The number of carbonyl (C=O) groups excluding carboxylic acids is 2. The number of thiophene rings is 1. The Hall–Kier alpha value is -2.15. The van der Waals surface area contributed by atoms with Gasteiger partial charge in [0.05, 0.1) is 5.56 Å². The lowest BCUT2D eigenvalue weighted by molar-refractivity contribution is 0.1000. The Balaban J connectivity index is 1.95. The number of amides is 2. The highest BCUT2D eigenvalue weighted by molar-refractivity contribution is 7.17. The number of nitrogens with one attached hydrogen (secondary N) is 1. The van der Waals surface area contributed by atoms with Crippen molar-refractivity contribution < 1.29 is 9.59 Å². The summed E-state index contributed by atoms with van der Waals surface area (Å²) in [6, 6.07) is 1.63. The van der Waals surface area contributed by atoms with E-state index < -0.39 is 5.91 Å². The van der Waals surface area contributed by atoms with Crippen LogP contribution in [0.5, 0.6) is 0 Å². The number of fused-ring (bicyclic) bond motifs is 1. The fraction of sp³-hybridized carbons (Fsp3) is 0.400. The number of aryl methyl sites for hydroxylation is 1. The molecular weight excluding hydrogens is 300 g/mol. The summed E-state index contributed by atoms with van der Waals surface area (Å²) in [5.41, 5.74) is 7.47. The van der Waals surface area contributed by atoms with E-state index in [0.29, 0.717) is 22.2 Å². The van der Waals surface area contributed by atoms with Crippen molar-refractivity contribution >= 4 is 28.2 Å². The Morgan fingerprint density at radius 3 is 2.91 bits per heavy atom. The molecule has 2 heterocycles. The first-order chi connectivity index (χ1) is 10.5. The monoisotopic (exact) mass is 318 g/mol. The number of nitrogens with two attached hydrogens (primary N) is 1. The molecular formula is C15H18N4O2S. The van der Waals surface area contributed by atoms with E-state index in [4.69, 9.17) is 5.73 Å². The van der Waals surface area contributed by atoms with Crippen LogP contribution in [0.25, 0.3) is 0 Å². The number of hydrogen-bond acceptors (Lipinski definition) is 4. The number of hydrogen-bond donors (Lipinski definition) is 2. The zero-order chi connectivity index (χ0) is 15.9. The Bertz CT molecular complexity index is 747. The fourth-order valence-corrected chi connectivity index (χ4v) is 4.27. The smallest absolute Gasteiger partial charge is 0.274 e.